The first kappa shape index (κ1) is 17.4. The normalized spacial score (nSPS) is 17.7. The van der Waals surface area contributed by atoms with E-state index in [1.54, 1.807) is 0 Å². The van der Waals surface area contributed by atoms with Crippen LogP contribution in [0.5, 0.6) is 0 Å². The summed E-state index contributed by atoms with van der Waals surface area (Å²) in [5, 5.41) is 0. The topological polar surface area (TPSA) is 60.9 Å². The maximum Gasteiger partial charge on any atom is 0.223 e. The molecule has 0 aliphatic carbocycles. The van der Waals surface area contributed by atoms with Crippen molar-refractivity contribution in [1.82, 2.24) is 14.1 Å². The summed E-state index contributed by atoms with van der Waals surface area (Å²) in [4.78, 5) is 16.3. The SMILES string of the molecule is CCCN(CCC(=O)N1CCN(CC)CC1)S(C)(=O)=O. The Morgan fingerprint density at radius 2 is 1.70 bits per heavy atom. The molecule has 0 radical (unpaired) electrons. The standard InChI is InChI=1S/C13H27N3O3S/c1-4-7-16(20(3,18)19)8-6-13(17)15-11-9-14(5-2)10-12-15/h4-12H2,1-3H3. The molecule has 1 saturated heterocycles. The van der Waals surface area contributed by atoms with Gasteiger partial charge in [0, 0.05) is 45.7 Å². The third kappa shape index (κ3) is 5.38. The van der Waals surface area contributed by atoms with E-state index in [9.17, 15) is 13.2 Å². The molecule has 0 spiro atoms. The highest BCUT2D eigenvalue weighted by atomic mass is 32.2. The molecule has 20 heavy (non-hydrogen) atoms. The van der Waals surface area contributed by atoms with Gasteiger partial charge in [0.05, 0.1) is 6.26 Å². The summed E-state index contributed by atoms with van der Waals surface area (Å²) in [6.45, 7) is 9.16. The molecule has 0 atom stereocenters. The Balaban J connectivity index is 2.42. The van der Waals surface area contributed by atoms with Crippen LogP contribution in [0.1, 0.15) is 26.7 Å². The van der Waals surface area contributed by atoms with Gasteiger partial charge in [-0.2, -0.15) is 0 Å². The van der Waals surface area contributed by atoms with E-state index in [4.69, 9.17) is 0 Å². The number of sulfonamides is 1. The van der Waals surface area contributed by atoms with E-state index in [1.165, 1.54) is 10.6 Å². The number of piperazine rings is 1. The summed E-state index contributed by atoms with van der Waals surface area (Å²) in [6.07, 6.45) is 2.24. The zero-order valence-electron chi connectivity index (χ0n) is 12.8. The molecular weight excluding hydrogens is 278 g/mol. The number of carbonyl (C=O) groups excluding carboxylic acids is 1. The molecule has 0 N–H and O–H groups in total. The molecule has 1 amide bonds. The fourth-order valence-corrected chi connectivity index (χ4v) is 3.32. The Bertz CT molecular complexity index is 403. The molecule has 1 rings (SSSR count). The Hall–Kier alpha value is -0.660. The van der Waals surface area contributed by atoms with Gasteiger partial charge in [-0.25, -0.2) is 12.7 Å². The number of likely N-dealkylation sites (N-methyl/N-ethyl adjacent to an activating group) is 1. The van der Waals surface area contributed by atoms with E-state index in [1.807, 2.05) is 11.8 Å². The minimum absolute atomic E-state index is 0.0607. The first-order chi connectivity index (χ1) is 9.38. The Morgan fingerprint density at radius 3 is 2.15 bits per heavy atom. The molecule has 0 bridgehead atoms. The molecule has 0 saturated carbocycles. The second-order valence-corrected chi connectivity index (χ2v) is 7.21. The zero-order valence-corrected chi connectivity index (χ0v) is 13.7. The van der Waals surface area contributed by atoms with Crippen LogP contribution in [-0.4, -0.2) is 80.5 Å². The molecule has 6 nitrogen and oxygen atoms in total. The Morgan fingerprint density at radius 1 is 1.10 bits per heavy atom. The van der Waals surface area contributed by atoms with Gasteiger partial charge in [-0.05, 0) is 13.0 Å². The van der Waals surface area contributed by atoms with E-state index >= 15 is 0 Å². The van der Waals surface area contributed by atoms with Crippen LogP contribution in [0.25, 0.3) is 0 Å². The third-order valence-corrected chi connectivity index (χ3v) is 4.99. The van der Waals surface area contributed by atoms with Gasteiger partial charge >= 0.3 is 0 Å². The quantitative estimate of drug-likeness (QED) is 0.675. The van der Waals surface area contributed by atoms with Crippen molar-refractivity contribution in [3.63, 3.8) is 0 Å². The first-order valence-electron chi connectivity index (χ1n) is 7.33. The zero-order chi connectivity index (χ0) is 15.2. The van der Waals surface area contributed by atoms with E-state index in [-0.39, 0.29) is 12.3 Å². The van der Waals surface area contributed by atoms with E-state index in [2.05, 4.69) is 11.8 Å². The lowest BCUT2D eigenvalue weighted by Gasteiger charge is -2.34. The minimum atomic E-state index is -3.21. The molecule has 118 valence electrons. The van der Waals surface area contributed by atoms with Crippen LogP contribution in [0.4, 0.5) is 0 Å². The Kier molecular flexibility index (Phi) is 6.91. The molecule has 1 fully saturated rings. The number of hydrogen-bond acceptors (Lipinski definition) is 4. The molecule has 0 aromatic rings. The van der Waals surface area contributed by atoms with Crippen molar-refractivity contribution in [2.24, 2.45) is 0 Å². The van der Waals surface area contributed by atoms with Crippen molar-refractivity contribution in [3.05, 3.63) is 0 Å². The largest absolute Gasteiger partial charge is 0.340 e. The van der Waals surface area contributed by atoms with Crippen LogP contribution in [0.2, 0.25) is 0 Å². The van der Waals surface area contributed by atoms with Crippen molar-refractivity contribution >= 4 is 15.9 Å². The average Bonchev–Trinajstić information content (AvgIpc) is 2.42. The fourth-order valence-electron chi connectivity index (χ4n) is 2.38. The number of hydrogen-bond donors (Lipinski definition) is 0. The van der Waals surface area contributed by atoms with E-state index in [0.29, 0.717) is 13.1 Å². The van der Waals surface area contributed by atoms with Crippen molar-refractivity contribution in [3.8, 4) is 0 Å². The smallest absolute Gasteiger partial charge is 0.223 e. The van der Waals surface area contributed by atoms with E-state index in [0.717, 1.165) is 39.1 Å². The molecule has 0 aromatic carbocycles. The predicted octanol–water partition coefficient (Wildman–Crippen LogP) is 0.212. The molecule has 1 aliphatic rings. The molecule has 1 aliphatic heterocycles. The highest BCUT2D eigenvalue weighted by Gasteiger charge is 2.22. The summed E-state index contributed by atoms with van der Waals surface area (Å²) in [6, 6.07) is 0. The van der Waals surface area contributed by atoms with Crippen LogP contribution >= 0.6 is 0 Å². The van der Waals surface area contributed by atoms with Crippen molar-refractivity contribution in [1.29, 1.82) is 0 Å². The van der Waals surface area contributed by atoms with Crippen molar-refractivity contribution < 1.29 is 13.2 Å². The highest BCUT2D eigenvalue weighted by molar-refractivity contribution is 7.88. The lowest BCUT2D eigenvalue weighted by molar-refractivity contribution is -0.133. The average molecular weight is 305 g/mol. The van der Waals surface area contributed by atoms with Gasteiger partial charge in [0.1, 0.15) is 0 Å². The van der Waals surface area contributed by atoms with Gasteiger partial charge in [0.15, 0.2) is 0 Å². The van der Waals surface area contributed by atoms with Crippen LogP contribution in [-0.2, 0) is 14.8 Å². The maximum atomic E-state index is 12.1. The van der Waals surface area contributed by atoms with Crippen molar-refractivity contribution in [2.45, 2.75) is 26.7 Å². The van der Waals surface area contributed by atoms with E-state index < -0.39 is 10.0 Å². The summed E-state index contributed by atoms with van der Waals surface area (Å²) in [5.74, 6) is 0.0607. The van der Waals surface area contributed by atoms with Gasteiger partial charge in [-0.1, -0.05) is 13.8 Å². The van der Waals surface area contributed by atoms with Gasteiger partial charge in [0.2, 0.25) is 15.9 Å². The van der Waals surface area contributed by atoms with Gasteiger partial charge < -0.3 is 9.80 Å². The first-order valence-corrected chi connectivity index (χ1v) is 9.18. The summed E-state index contributed by atoms with van der Waals surface area (Å²) in [7, 11) is -3.21. The number of rotatable bonds is 7. The van der Waals surface area contributed by atoms with Crippen LogP contribution in [0.3, 0.4) is 0 Å². The van der Waals surface area contributed by atoms with Crippen LogP contribution < -0.4 is 0 Å². The minimum Gasteiger partial charge on any atom is -0.340 e. The summed E-state index contributed by atoms with van der Waals surface area (Å²) in [5.41, 5.74) is 0. The third-order valence-electron chi connectivity index (χ3n) is 3.69. The number of amides is 1. The van der Waals surface area contributed by atoms with Crippen molar-refractivity contribution in [2.75, 3.05) is 52.1 Å². The summed E-state index contributed by atoms with van der Waals surface area (Å²) < 4.78 is 24.6. The summed E-state index contributed by atoms with van der Waals surface area (Å²) >= 11 is 0. The number of nitrogens with zero attached hydrogens (tertiary/aromatic N) is 3. The number of carbonyl (C=O) groups is 1. The highest BCUT2D eigenvalue weighted by Crippen LogP contribution is 2.06. The predicted molar refractivity (Wildman–Crippen MR) is 80.0 cm³/mol. The fraction of sp³-hybridized carbons (Fsp3) is 0.923. The Labute approximate surface area is 122 Å². The molecule has 0 aromatic heterocycles. The second kappa shape index (κ2) is 7.95. The lowest BCUT2D eigenvalue weighted by atomic mass is 10.2. The molecular formula is C13H27N3O3S. The molecule has 1 heterocycles. The lowest BCUT2D eigenvalue weighted by Crippen LogP contribution is -2.49. The molecule has 0 unspecified atom stereocenters. The van der Waals surface area contributed by atoms with Gasteiger partial charge in [0.25, 0.3) is 0 Å². The van der Waals surface area contributed by atoms with Gasteiger partial charge in [-0.15, -0.1) is 0 Å². The second-order valence-electron chi connectivity index (χ2n) is 5.23. The molecule has 7 heteroatoms. The monoisotopic (exact) mass is 305 g/mol. The van der Waals surface area contributed by atoms with Crippen LogP contribution in [0.15, 0.2) is 0 Å². The van der Waals surface area contributed by atoms with Gasteiger partial charge in [-0.3, -0.25) is 4.79 Å². The van der Waals surface area contributed by atoms with Crippen LogP contribution in [0, 0.1) is 0 Å². The maximum absolute atomic E-state index is 12.1.